The molecule has 1 unspecified atom stereocenters. The molecule has 1 amide bonds. The molecule has 4 N–H and O–H groups in total. The van der Waals surface area contributed by atoms with E-state index >= 15 is 0 Å². The first-order chi connectivity index (χ1) is 14.1. The zero-order chi connectivity index (χ0) is 24.3. The number of hydrogen-bond acceptors (Lipinski definition) is 7. The van der Waals surface area contributed by atoms with Gasteiger partial charge in [-0.2, -0.15) is 0 Å². The van der Waals surface area contributed by atoms with Gasteiger partial charge in [-0.05, 0) is 94.3 Å². The number of nitrogens with one attached hydrogen (secondary N) is 1. The van der Waals surface area contributed by atoms with Crippen LogP contribution >= 0.6 is 104 Å². The second-order valence-corrected chi connectivity index (χ2v) is 13.1. The van der Waals surface area contributed by atoms with Crippen molar-refractivity contribution in [2.24, 2.45) is 5.41 Å². The zero-order valence-electron chi connectivity index (χ0n) is 16.1. The minimum absolute atomic E-state index is 0.0470. The molecular formula is C17H16I3NO7S3. The Balaban J connectivity index is 3.53. The summed E-state index contributed by atoms with van der Waals surface area (Å²) in [5.74, 6) is -4.34. The number of thioether (sulfide) groups is 2. The average Bonchev–Trinajstić information content (AvgIpc) is 2.63. The highest BCUT2D eigenvalue weighted by molar-refractivity contribution is 14.1. The molecule has 0 bridgehead atoms. The van der Waals surface area contributed by atoms with E-state index in [0.29, 0.717) is 3.53 Å². The Morgan fingerprint density at radius 2 is 1.45 bits per heavy atom. The Hall–Kier alpha value is 0.0800. The van der Waals surface area contributed by atoms with Gasteiger partial charge in [0.2, 0.25) is 5.91 Å². The van der Waals surface area contributed by atoms with E-state index in [1.165, 1.54) is 25.6 Å². The largest absolute Gasteiger partial charge is 0.481 e. The molecule has 31 heavy (non-hydrogen) atoms. The van der Waals surface area contributed by atoms with Crippen molar-refractivity contribution in [3.63, 3.8) is 0 Å². The molecule has 0 saturated carbocycles. The molecule has 0 aliphatic rings. The van der Waals surface area contributed by atoms with Crippen LogP contribution in [-0.4, -0.2) is 54.2 Å². The minimum Gasteiger partial charge on any atom is -0.481 e. The molecule has 0 aromatic heterocycles. The highest BCUT2D eigenvalue weighted by Crippen LogP contribution is 2.37. The molecule has 0 aliphatic carbocycles. The Kier molecular flexibility index (Phi) is 11.3. The SMILES string of the molecule is CSC(=S)SC(CC(C)(C)C(=O)O)C(=O)Nc1c(I)c(C(=O)O)c(I)c(C(=O)O)c1I. The van der Waals surface area contributed by atoms with Crippen molar-refractivity contribution in [1.82, 2.24) is 0 Å². The van der Waals surface area contributed by atoms with E-state index in [4.69, 9.17) is 12.2 Å². The number of carbonyl (C=O) groups is 4. The lowest BCUT2D eigenvalue weighted by molar-refractivity contribution is -0.147. The molecule has 0 heterocycles. The third kappa shape index (κ3) is 7.28. The molecule has 14 heteroatoms. The Labute approximate surface area is 232 Å². The first kappa shape index (κ1) is 29.1. The predicted molar refractivity (Wildman–Crippen MR) is 151 cm³/mol. The summed E-state index contributed by atoms with van der Waals surface area (Å²) in [5.41, 5.74) is -1.64. The number of rotatable bonds is 8. The first-order valence-electron chi connectivity index (χ1n) is 8.11. The second kappa shape index (κ2) is 12.0. The molecule has 1 aromatic rings. The summed E-state index contributed by atoms with van der Waals surface area (Å²) in [6, 6.07) is 0. The summed E-state index contributed by atoms with van der Waals surface area (Å²) < 4.78 is 0.827. The Morgan fingerprint density at radius 1 is 1.00 bits per heavy atom. The van der Waals surface area contributed by atoms with Gasteiger partial charge in [0.05, 0.1) is 34.6 Å². The fourth-order valence-corrected chi connectivity index (χ4v) is 8.59. The van der Waals surface area contributed by atoms with E-state index in [1.807, 2.05) is 0 Å². The van der Waals surface area contributed by atoms with Crippen LogP contribution in [0.3, 0.4) is 0 Å². The monoisotopic (exact) mass is 823 g/mol. The van der Waals surface area contributed by atoms with Gasteiger partial charge in [-0.25, -0.2) is 9.59 Å². The number of thiocarbonyl (C=S) groups is 1. The third-order valence-electron chi connectivity index (χ3n) is 3.97. The quantitative estimate of drug-likeness (QED) is 0.207. The van der Waals surface area contributed by atoms with Gasteiger partial charge in [-0.3, -0.25) is 9.59 Å². The van der Waals surface area contributed by atoms with Crippen LogP contribution in [0.25, 0.3) is 0 Å². The summed E-state index contributed by atoms with van der Waals surface area (Å²) in [4.78, 5) is 48.2. The molecule has 0 radical (unpaired) electrons. The van der Waals surface area contributed by atoms with Crippen LogP contribution in [0, 0.1) is 16.1 Å². The van der Waals surface area contributed by atoms with Crippen LogP contribution in [0.5, 0.6) is 0 Å². The summed E-state index contributed by atoms with van der Waals surface area (Å²) in [5, 5.41) is 30.3. The lowest BCUT2D eigenvalue weighted by atomic mass is 9.87. The lowest BCUT2D eigenvalue weighted by Gasteiger charge is -2.25. The summed E-state index contributed by atoms with van der Waals surface area (Å²) in [6.07, 6.45) is 1.69. The van der Waals surface area contributed by atoms with Crippen molar-refractivity contribution in [2.75, 3.05) is 11.6 Å². The molecule has 0 saturated heterocycles. The number of carbonyl (C=O) groups excluding carboxylic acids is 1. The molecule has 0 aliphatic heterocycles. The maximum Gasteiger partial charge on any atom is 0.337 e. The molecule has 0 spiro atoms. The number of anilines is 1. The Bertz CT molecular complexity index is 928. The number of amides is 1. The minimum atomic E-state index is -1.33. The third-order valence-corrected chi connectivity index (χ3v) is 9.97. The zero-order valence-corrected chi connectivity index (χ0v) is 25.0. The van der Waals surface area contributed by atoms with Gasteiger partial charge in [0.25, 0.3) is 0 Å². The molecule has 0 fully saturated rings. The van der Waals surface area contributed by atoms with Crippen molar-refractivity contribution in [3.05, 3.63) is 21.8 Å². The van der Waals surface area contributed by atoms with Gasteiger partial charge in [0, 0.05) is 3.57 Å². The number of aromatic carboxylic acids is 2. The first-order valence-corrected chi connectivity index (χ1v) is 13.9. The summed E-state index contributed by atoms with van der Waals surface area (Å²) >= 11 is 12.6. The molecule has 1 atom stereocenters. The van der Waals surface area contributed by atoms with Crippen molar-refractivity contribution >= 4 is 137 Å². The van der Waals surface area contributed by atoms with Gasteiger partial charge >= 0.3 is 17.9 Å². The van der Waals surface area contributed by atoms with Crippen LogP contribution in [0.2, 0.25) is 0 Å². The summed E-state index contributed by atoms with van der Waals surface area (Å²) in [7, 11) is 0. The number of hydrogen-bond donors (Lipinski definition) is 4. The van der Waals surface area contributed by atoms with Crippen molar-refractivity contribution in [2.45, 2.75) is 25.5 Å². The molecular weight excluding hydrogens is 807 g/mol. The van der Waals surface area contributed by atoms with Gasteiger partial charge in [-0.1, -0.05) is 24.0 Å². The van der Waals surface area contributed by atoms with Crippen molar-refractivity contribution < 1.29 is 34.5 Å². The van der Waals surface area contributed by atoms with Crippen molar-refractivity contribution in [1.29, 1.82) is 0 Å². The van der Waals surface area contributed by atoms with Gasteiger partial charge in [0.1, 0.15) is 3.53 Å². The Morgan fingerprint density at radius 3 is 1.81 bits per heavy atom. The van der Waals surface area contributed by atoms with Gasteiger partial charge in [0.15, 0.2) is 0 Å². The fourth-order valence-electron chi connectivity index (χ4n) is 2.26. The van der Waals surface area contributed by atoms with E-state index < -0.39 is 34.5 Å². The van der Waals surface area contributed by atoms with E-state index in [1.54, 1.807) is 74.0 Å². The molecule has 170 valence electrons. The number of benzene rings is 1. The van der Waals surface area contributed by atoms with Crippen LogP contribution < -0.4 is 5.32 Å². The lowest BCUT2D eigenvalue weighted by Crippen LogP contribution is -2.35. The van der Waals surface area contributed by atoms with Crippen LogP contribution in [0.15, 0.2) is 0 Å². The normalized spacial score (nSPS) is 12.2. The van der Waals surface area contributed by atoms with Crippen LogP contribution in [-0.2, 0) is 9.59 Å². The van der Waals surface area contributed by atoms with Crippen LogP contribution in [0.1, 0.15) is 41.0 Å². The predicted octanol–water partition coefficient (Wildman–Crippen LogP) is 5.09. The number of halogens is 3. The highest BCUT2D eigenvalue weighted by Gasteiger charge is 2.36. The molecule has 1 aromatic carbocycles. The topological polar surface area (TPSA) is 141 Å². The molecule has 8 nitrogen and oxygen atoms in total. The fraction of sp³-hybridized carbons (Fsp3) is 0.353. The average molecular weight is 823 g/mol. The van der Waals surface area contributed by atoms with Gasteiger partial charge in [-0.15, -0.1) is 11.8 Å². The number of aliphatic carboxylic acids is 1. The van der Waals surface area contributed by atoms with Gasteiger partial charge < -0.3 is 20.6 Å². The standard InChI is InChI=1S/C17H16I3NO7S3/c1-17(2,15(27)28)4-5(31-16(29)30-3)12(22)21-11-9(19)6(13(23)24)8(18)7(10(11)20)14(25)26/h5H,4H2,1-3H3,(H,21,22)(H,23,24)(H,25,26)(H,27,28). The van der Waals surface area contributed by atoms with Crippen LogP contribution in [0.4, 0.5) is 5.69 Å². The smallest absolute Gasteiger partial charge is 0.337 e. The number of carboxylic acids is 3. The van der Waals surface area contributed by atoms with E-state index in [0.717, 1.165) is 11.8 Å². The summed E-state index contributed by atoms with van der Waals surface area (Å²) in [6.45, 7) is 2.98. The van der Waals surface area contributed by atoms with Crippen molar-refractivity contribution in [3.8, 4) is 0 Å². The number of carboxylic acid groups (broad SMARTS) is 3. The maximum absolute atomic E-state index is 13.1. The highest BCUT2D eigenvalue weighted by atomic mass is 127. The maximum atomic E-state index is 13.1. The van der Waals surface area contributed by atoms with E-state index in [9.17, 15) is 34.5 Å². The van der Waals surface area contributed by atoms with E-state index in [-0.39, 0.29) is 33.9 Å². The molecule has 1 rings (SSSR count). The van der Waals surface area contributed by atoms with E-state index in [2.05, 4.69) is 5.32 Å². The second-order valence-electron chi connectivity index (χ2n) is 6.62.